The Balaban J connectivity index is 2.31. The Morgan fingerprint density at radius 1 is 1.64 bits per heavy atom. The molecule has 6 nitrogen and oxygen atoms in total. The van der Waals surface area contributed by atoms with E-state index in [2.05, 4.69) is 4.98 Å². The number of imidazole rings is 1. The van der Waals surface area contributed by atoms with Crippen LogP contribution in [-0.2, 0) is 0 Å². The molecule has 0 amide bonds. The monoisotopic (exact) mass is 197 g/mol. The van der Waals surface area contributed by atoms with Gasteiger partial charge in [-0.2, -0.15) is 0 Å². The molecule has 2 unspecified atom stereocenters. The lowest BCUT2D eigenvalue weighted by Crippen LogP contribution is -2.19. The number of rotatable bonds is 2. The molecular weight excluding hydrogens is 186 g/mol. The molecule has 0 saturated heterocycles. The van der Waals surface area contributed by atoms with Crippen molar-refractivity contribution in [2.24, 2.45) is 0 Å². The predicted molar refractivity (Wildman–Crippen MR) is 47.8 cm³/mol. The minimum Gasteiger partial charge on any atom is -0.390 e. The zero-order valence-corrected chi connectivity index (χ0v) is 7.54. The molecule has 1 saturated carbocycles. The summed E-state index contributed by atoms with van der Waals surface area (Å²) in [5, 5.41) is 20.2. The molecular formula is C8H11N3O3. The number of hydrogen-bond acceptors (Lipinski definition) is 4. The maximum Gasteiger partial charge on any atom is 0.434 e. The minimum atomic E-state index is -0.523. The number of nitrogens with zero attached hydrogens (tertiary/aromatic N) is 3. The van der Waals surface area contributed by atoms with Gasteiger partial charge in [-0.1, -0.05) is 4.98 Å². The van der Waals surface area contributed by atoms with Crippen LogP contribution in [0.25, 0.3) is 0 Å². The molecule has 0 bridgehead atoms. The van der Waals surface area contributed by atoms with Gasteiger partial charge in [-0.15, -0.1) is 0 Å². The molecule has 76 valence electrons. The van der Waals surface area contributed by atoms with E-state index in [1.54, 1.807) is 6.20 Å². The second-order valence-electron chi connectivity index (χ2n) is 3.46. The Morgan fingerprint density at radius 2 is 2.43 bits per heavy atom. The maximum absolute atomic E-state index is 10.6. The molecule has 1 aliphatic rings. The van der Waals surface area contributed by atoms with Gasteiger partial charge in [0.2, 0.25) is 0 Å². The Bertz CT molecular complexity index is 349. The van der Waals surface area contributed by atoms with Gasteiger partial charge in [0.25, 0.3) is 0 Å². The first-order chi connectivity index (χ1) is 6.70. The summed E-state index contributed by atoms with van der Waals surface area (Å²) in [6.45, 7) is 0. The highest BCUT2D eigenvalue weighted by atomic mass is 16.6. The van der Waals surface area contributed by atoms with E-state index in [-0.39, 0.29) is 12.0 Å². The van der Waals surface area contributed by atoms with Gasteiger partial charge in [0.05, 0.1) is 6.10 Å². The van der Waals surface area contributed by atoms with Crippen molar-refractivity contribution in [2.45, 2.75) is 31.4 Å². The second-order valence-corrected chi connectivity index (χ2v) is 3.46. The van der Waals surface area contributed by atoms with Gasteiger partial charge in [0.15, 0.2) is 0 Å². The first-order valence-electron chi connectivity index (χ1n) is 4.55. The van der Waals surface area contributed by atoms with E-state index < -0.39 is 11.0 Å². The summed E-state index contributed by atoms with van der Waals surface area (Å²) in [5.41, 5.74) is 0. The fourth-order valence-corrected chi connectivity index (χ4v) is 1.95. The molecule has 2 atom stereocenters. The Kier molecular flexibility index (Phi) is 2.20. The highest BCUT2D eigenvalue weighted by molar-refractivity contribution is 5.10. The summed E-state index contributed by atoms with van der Waals surface area (Å²) in [4.78, 5) is 13.7. The van der Waals surface area contributed by atoms with Crippen LogP contribution in [0.5, 0.6) is 0 Å². The minimum absolute atomic E-state index is 0.183. The van der Waals surface area contributed by atoms with E-state index >= 15 is 0 Å². The van der Waals surface area contributed by atoms with Crippen molar-refractivity contribution >= 4 is 5.95 Å². The maximum atomic E-state index is 10.6. The van der Waals surface area contributed by atoms with Crippen molar-refractivity contribution in [1.29, 1.82) is 0 Å². The summed E-state index contributed by atoms with van der Waals surface area (Å²) in [6, 6.07) is -0.183. The van der Waals surface area contributed by atoms with Crippen LogP contribution in [0.15, 0.2) is 12.4 Å². The predicted octanol–water partition coefficient (Wildman–Crippen LogP) is 0.877. The fraction of sp³-hybridized carbons (Fsp3) is 0.625. The SMILES string of the molecule is O=[N+]([O-])c1nccn1C1CCCC1O. The smallest absolute Gasteiger partial charge is 0.390 e. The quantitative estimate of drug-likeness (QED) is 0.563. The van der Waals surface area contributed by atoms with Crippen molar-refractivity contribution in [3.8, 4) is 0 Å². The highest BCUT2D eigenvalue weighted by Crippen LogP contribution is 2.32. The summed E-state index contributed by atoms with van der Waals surface area (Å²) < 4.78 is 1.46. The van der Waals surface area contributed by atoms with Gasteiger partial charge in [-0.3, -0.25) is 0 Å². The summed E-state index contributed by atoms with van der Waals surface area (Å²) in [7, 11) is 0. The van der Waals surface area contributed by atoms with Crippen LogP contribution in [0.1, 0.15) is 25.3 Å². The highest BCUT2D eigenvalue weighted by Gasteiger charge is 2.32. The molecule has 1 N–H and O–H groups in total. The van der Waals surface area contributed by atoms with E-state index in [0.717, 1.165) is 12.8 Å². The molecule has 14 heavy (non-hydrogen) atoms. The lowest BCUT2D eigenvalue weighted by Gasteiger charge is -2.12. The fourth-order valence-electron chi connectivity index (χ4n) is 1.95. The molecule has 0 aliphatic heterocycles. The number of aromatic nitrogens is 2. The van der Waals surface area contributed by atoms with Crippen molar-refractivity contribution in [1.82, 2.24) is 9.55 Å². The average molecular weight is 197 g/mol. The molecule has 1 aromatic heterocycles. The number of hydrogen-bond donors (Lipinski definition) is 1. The van der Waals surface area contributed by atoms with E-state index in [1.807, 2.05) is 0 Å². The van der Waals surface area contributed by atoms with Crippen LogP contribution in [0.4, 0.5) is 5.95 Å². The Labute approximate surface area is 80.3 Å². The topological polar surface area (TPSA) is 81.2 Å². The zero-order valence-electron chi connectivity index (χ0n) is 7.54. The Morgan fingerprint density at radius 3 is 3.00 bits per heavy atom. The van der Waals surface area contributed by atoms with Gasteiger partial charge < -0.3 is 15.2 Å². The molecule has 0 spiro atoms. The van der Waals surface area contributed by atoms with Gasteiger partial charge in [0, 0.05) is 0 Å². The third kappa shape index (κ3) is 1.37. The van der Waals surface area contributed by atoms with Crippen molar-refractivity contribution in [3.05, 3.63) is 22.5 Å². The van der Waals surface area contributed by atoms with Gasteiger partial charge in [-0.05, 0) is 24.2 Å². The second kappa shape index (κ2) is 3.38. The standard InChI is InChI=1S/C8H11N3O3/c12-7-3-1-2-6(7)10-5-4-9-8(10)11(13)14/h4-7,12H,1-3H2. The van der Waals surface area contributed by atoms with Crippen molar-refractivity contribution < 1.29 is 10.0 Å². The number of nitro groups is 1. The van der Waals surface area contributed by atoms with E-state index in [9.17, 15) is 15.2 Å². The van der Waals surface area contributed by atoms with Crippen LogP contribution < -0.4 is 0 Å². The molecule has 6 heteroatoms. The third-order valence-electron chi connectivity index (χ3n) is 2.61. The average Bonchev–Trinajstić information content (AvgIpc) is 2.70. The van der Waals surface area contributed by atoms with E-state index in [0.29, 0.717) is 6.42 Å². The molecule has 0 aromatic carbocycles. The van der Waals surface area contributed by atoms with E-state index in [4.69, 9.17) is 0 Å². The van der Waals surface area contributed by atoms with Crippen molar-refractivity contribution in [3.63, 3.8) is 0 Å². The Hall–Kier alpha value is -1.43. The molecule has 0 radical (unpaired) electrons. The lowest BCUT2D eigenvalue weighted by atomic mass is 10.2. The molecule has 1 fully saturated rings. The number of aliphatic hydroxyl groups is 1. The van der Waals surface area contributed by atoms with E-state index in [1.165, 1.54) is 10.8 Å². The molecule has 1 aliphatic carbocycles. The first-order valence-corrected chi connectivity index (χ1v) is 4.55. The lowest BCUT2D eigenvalue weighted by molar-refractivity contribution is -0.397. The molecule has 1 heterocycles. The van der Waals surface area contributed by atoms with Crippen LogP contribution in [0.2, 0.25) is 0 Å². The van der Waals surface area contributed by atoms with Crippen LogP contribution in [-0.4, -0.2) is 25.7 Å². The first kappa shape index (κ1) is 9.14. The molecule has 2 rings (SSSR count). The number of aliphatic hydroxyl groups excluding tert-OH is 1. The summed E-state index contributed by atoms with van der Waals surface area (Å²) >= 11 is 0. The third-order valence-corrected chi connectivity index (χ3v) is 2.61. The van der Waals surface area contributed by atoms with Gasteiger partial charge >= 0.3 is 5.95 Å². The zero-order chi connectivity index (χ0) is 10.1. The van der Waals surface area contributed by atoms with Gasteiger partial charge in [0.1, 0.15) is 18.4 Å². The largest absolute Gasteiger partial charge is 0.434 e. The van der Waals surface area contributed by atoms with Crippen LogP contribution >= 0.6 is 0 Å². The van der Waals surface area contributed by atoms with Crippen molar-refractivity contribution in [2.75, 3.05) is 0 Å². The van der Waals surface area contributed by atoms with Crippen LogP contribution in [0.3, 0.4) is 0 Å². The molecule has 1 aromatic rings. The van der Waals surface area contributed by atoms with Crippen LogP contribution in [0, 0.1) is 10.1 Å². The normalized spacial score (nSPS) is 26.6. The van der Waals surface area contributed by atoms with Gasteiger partial charge in [-0.25, -0.2) is 4.57 Å². The summed E-state index contributed by atoms with van der Waals surface area (Å²) in [5.74, 6) is -0.184. The summed E-state index contributed by atoms with van der Waals surface area (Å²) in [6.07, 6.45) is 4.85.